The smallest absolute Gasteiger partial charge is 0.285 e. The molecule has 8 heteroatoms. The number of rotatable bonds is 3. The number of sulfonamides is 1. The molecule has 0 bridgehead atoms. The van der Waals surface area contributed by atoms with Gasteiger partial charge in [0.15, 0.2) is 0 Å². The zero-order chi connectivity index (χ0) is 21.5. The molecule has 7 nitrogen and oxygen atoms in total. The quantitative estimate of drug-likeness (QED) is 0.795. The summed E-state index contributed by atoms with van der Waals surface area (Å²) in [6, 6.07) is 5.79. The molecular weight excluding hydrogens is 402 g/mol. The van der Waals surface area contributed by atoms with Gasteiger partial charge in [0.2, 0.25) is 5.91 Å². The molecule has 3 aliphatic heterocycles. The minimum Gasteiger partial charge on any atom is -0.368 e. The molecule has 0 radical (unpaired) electrons. The molecule has 0 saturated carbocycles. The highest BCUT2D eigenvalue weighted by Crippen LogP contribution is 2.35. The number of amidine groups is 1. The molecule has 30 heavy (non-hydrogen) atoms. The molecule has 0 unspecified atom stereocenters. The summed E-state index contributed by atoms with van der Waals surface area (Å²) in [5, 5.41) is 3.08. The van der Waals surface area contributed by atoms with Crippen molar-refractivity contribution in [2.45, 2.75) is 58.6 Å². The lowest BCUT2D eigenvalue weighted by Gasteiger charge is -2.34. The predicted molar refractivity (Wildman–Crippen MR) is 117 cm³/mol. The van der Waals surface area contributed by atoms with E-state index in [4.69, 9.17) is 4.74 Å². The Kier molecular flexibility index (Phi) is 5.72. The van der Waals surface area contributed by atoms with E-state index in [2.05, 4.69) is 9.71 Å². The number of ether oxygens (including phenoxy) is 1. The summed E-state index contributed by atoms with van der Waals surface area (Å²) in [4.78, 5) is 14.6. The van der Waals surface area contributed by atoms with Crippen molar-refractivity contribution in [3.8, 4) is 0 Å². The average molecular weight is 432 g/mol. The van der Waals surface area contributed by atoms with Gasteiger partial charge in [-0.25, -0.2) is 0 Å². The Morgan fingerprint density at radius 1 is 1.13 bits per heavy atom. The van der Waals surface area contributed by atoms with Crippen molar-refractivity contribution in [2.24, 2.45) is 4.40 Å². The van der Waals surface area contributed by atoms with Crippen LogP contribution in [0, 0.1) is 13.8 Å². The second kappa shape index (κ2) is 8.15. The number of likely N-dealkylation sites (tertiary alicyclic amines) is 1. The lowest BCUT2D eigenvalue weighted by Crippen LogP contribution is -2.48. The number of nitrogens with one attached hydrogen (secondary N) is 1. The fraction of sp³-hybridized carbons (Fsp3) is 0.545. The van der Waals surface area contributed by atoms with Crippen LogP contribution in [-0.2, 0) is 19.6 Å². The van der Waals surface area contributed by atoms with Crippen LogP contribution in [-0.4, -0.2) is 56.9 Å². The largest absolute Gasteiger partial charge is 0.368 e. The molecule has 2 fully saturated rings. The maximum atomic E-state index is 12.8. The molecule has 2 saturated heterocycles. The number of amides is 1. The van der Waals surface area contributed by atoms with Crippen molar-refractivity contribution in [1.82, 2.24) is 10.2 Å². The molecule has 1 atom stereocenters. The first-order valence-electron chi connectivity index (χ1n) is 10.6. The molecule has 1 aromatic carbocycles. The summed E-state index contributed by atoms with van der Waals surface area (Å²) >= 11 is 0. The Balaban J connectivity index is 1.46. The first-order valence-corrected chi connectivity index (χ1v) is 12.0. The van der Waals surface area contributed by atoms with Crippen molar-refractivity contribution in [3.63, 3.8) is 0 Å². The Hall–Kier alpha value is -2.19. The number of benzene rings is 1. The fourth-order valence-electron chi connectivity index (χ4n) is 4.38. The van der Waals surface area contributed by atoms with Crippen LogP contribution in [0.5, 0.6) is 0 Å². The maximum Gasteiger partial charge on any atom is 0.285 e. The van der Waals surface area contributed by atoms with E-state index in [-0.39, 0.29) is 18.1 Å². The standard InChI is InChI=1S/C22H29N3O4S/c1-14-6-7-17(13-15(14)2)20-16(3)21(24-30(20,27)28)25-10-8-18(9-11-25)23-22(26)19-5-4-12-29-19/h6-7,13,18-19H,4-5,8-12H2,1-3H3,(H,23,26)/t19-/m1/s1. The number of carbonyl (C=O) groups is 1. The second-order valence-corrected chi connectivity index (χ2v) is 9.96. The van der Waals surface area contributed by atoms with E-state index in [0.717, 1.165) is 36.8 Å². The molecule has 162 valence electrons. The van der Waals surface area contributed by atoms with Gasteiger partial charge in [0.25, 0.3) is 10.0 Å². The number of piperidine rings is 1. The first kappa shape index (κ1) is 21.1. The third-order valence-corrected chi connectivity index (χ3v) is 7.74. The van der Waals surface area contributed by atoms with Gasteiger partial charge < -0.3 is 15.0 Å². The molecule has 0 aromatic heterocycles. The molecular formula is C22H29N3O4S. The van der Waals surface area contributed by atoms with Gasteiger partial charge in [-0.05, 0) is 63.1 Å². The third-order valence-electron chi connectivity index (χ3n) is 6.27. The van der Waals surface area contributed by atoms with Crippen LogP contribution >= 0.6 is 0 Å². The minimum atomic E-state index is -3.72. The maximum absolute atomic E-state index is 12.8. The number of hydrogen-bond donors (Lipinski definition) is 1. The van der Waals surface area contributed by atoms with Crippen LogP contribution < -0.4 is 5.32 Å². The van der Waals surface area contributed by atoms with Crippen LogP contribution in [0.3, 0.4) is 0 Å². The first-order chi connectivity index (χ1) is 14.3. The molecule has 1 N–H and O–H groups in total. The van der Waals surface area contributed by atoms with Gasteiger partial charge in [-0.1, -0.05) is 18.2 Å². The lowest BCUT2D eigenvalue weighted by molar-refractivity contribution is -0.131. The van der Waals surface area contributed by atoms with Crippen LogP contribution in [0.15, 0.2) is 28.2 Å². The van der Waals surface area contributed by atoms with Crippen molar-refractivity contribution in [2.75, 3.05) is 19.7 Å². The Morgan fingerprint density at radius 3 is 2.50 bits per heavy atom. The second-order valence-electron chi connectivity index (χ2n) is 8.41. The Morgan fingerprint density at radius 2 is 1.87 bits per heavy atom. The van der Waals surface area contributed by atoms with Crippen molar-refractivity contribution in [1.29, 1.82) is 0 Å². The molecule has 1 aromatic rings. The van der Waals surface area contributed by atoms with Crippen molar-refractivity contribution in [3.05, 3.63) is 40.5 Å². The van der Waals surface area contributed by atoms with Gasteiger partial charge in [-0.15, -0.1) is 4.40 Å². The molecule has 3 aliphatic rings. The highest BCUT2D eigenvalue weighted by molar-refractivity contribution is 8.00. The lowest BCUT2D eigenvalue weighted by atomic mass is 10.0. The zero-order valence-electron chi connectivity index (χ0n) is 17.8. The normalized spacial score (nSPS) is 24.3. The topological polar surface area (TPSA) is 88.1 Å². The molecule has 1 amide bonds. The summed E-state index contributed by atoms with van der Waals surface area (Å²) in [6.07, 6.45) is 2.90. The van der Waals surface area contributed by atoms with Gasteiger partial charge >= 0.3 is 0 Å². The monoisotopic (exact) mass is 431 g/mol. The van der Waals surface area contributed by atoms with E-state index in [0.29, 0.717) is 41.6 Å². The Bertz CT molecular complexity index is 1010. The summed E-state index contributed by atoms with van der Waals surface area (Å²) in [7, 11) is -3.72. The van der Waals surface area contributed by atoms with Gasteiger partial charge in [-0.3, -0.25) is 4.79 Å². The van der Waals surface area contributed by atoms with E-state index in [1.807, 2.05) is 43.9 Å². The molecule has 0 aliphatic carbocycles. The van der Waals surface area contributed by atoms with E-state index in [9.17, 15) is 13.2 Å². The summed E-state index contributed by atoms with van der Waals surface area (Å²) in [6.45, 7) is 7.78. The van der Waals surface area contributed by atoms with Crippen LogP contribution in [0.1, 0.15) is 49.3 Å². The molecule has 4 rings (SSSR count). The summed E-state index contributed by atoms with van der Waals surface area (Å²) in [5.41, 5.74) is 3.56. The Labute approximate surface area is 178 Å². The van der Waals surface area contributed by atoms with E-state index in [1.165, 1.54) is 0 Å². The van der Waals surface area contributed by atoms with Crippen molar-refractivity contribution < 1.29 is 17.9 Å². The third kappa shape index (κ3) is 4.03. The van der Waals surface area contributed by atoms with Crippen molar-refractivity contribution >= 4 is 26.7 Å². The predicted octanol–water partition coefficient (Wildman–Crippen LogP) is 2.54. The van der Waals surface area contributed by atoms with Gasteiger partial charge in [0.05, 0.1) is 0 Å². The highest BCUT2D eigenvalue weighted by Gasteiger charge is 2.35. The fourth-order valence-corrected chi connectivity index (χ4v) is 5.85. The van der Waals surface area contributed by atoms with Crippen LogP contribution in [0.2, 0.25) is 0 Å². The molecule has 3 heterocycles. The van der Waals surface area contributed by atoms with E-state index >= 15 is 0 Å². The van der Waals surface area contributed by atoms with Gasteiger partial charge in [0.1, 0.15) is 16.8 Å². The zero-order valence-corrected chi connectivity index (χ0v) is 18.6. The number of nitrogens with zero attached hydrogens (tertiary/aromatic N) is 2. The van der Waals surface area contributed by atoms with E-state index < -0.39 is 10.0 Å². The highest BCUT2D eigenvalue weighted by atomic mass is 32.2. The summed E-state index contributed by atoms with van der Waals surface area (Å²) in [5.74, 6) is 0.506. The van der Waals surface area contributed by atoms with Crippen LogP contribution in [0.25, 0.3) is 4.91 Å². The average Bonchev–Trinajstić information content (AvgIpc) is 3.31. The van der Waals surface area contributed by atoms with Crippen LogP contribution in [0.4, 0.5) is 0 Å². The number of aryl methyl sites for hydroxylation is 2. The van der Waals surface area contributed by atoms with E-state index in [1.54, 1.807) is 0 Å². The minimum absolute atomic E-state index is 0.0279. The summed E-state index contributed by atoms with van der Waals surface area (Å²) < 4.78 is 35.2. The van der Waals surface area contributed by atoms with Gasteiger partial charge in [0, 0.05) is 31.3 Å². The van der Waals surface area contributed by atoms with Gasteiger partial charge in [-0.2, -0.15) is 8.42 Å². The number of carbonyl (C=O) groups excluding carboxylic acids is 1. The molecule has 0 spiro atoms. The SMILES string of the molecule is CC1=C(c2ccc(C)c(C)c2)S(=O)(=O)N=C1N1CCC(NC(=O)[C@H]2CCCO2)CC1. The number of hydrogen-bond acceptors (Lipinski definition) is 5.